The molecule has 1 aliphatic rings. The number of benzene rings is 1. The first-order valence-electron chi connectivity index (χ1n) is 10.7. The topological polar surface area (TPSA) is 59.7 Å². The van der Waals surface area contributed by atoms with E-state index in [1.54, 1.807) is 7.11 Å². The highest BCUT2D eigenvalue weighted by Crippen LogP contribution is 2.29. The Hall–Kier alpha value is -2.89. The number of rotatable bonds is 5. The van der Waals surface area contributed by atoms with Gasteiger partial charge in [-0.05, 0) is 57.0 Å². The van der Waals surface area contributed by atoms with E-state index in [1.165, 1.54) is 19.3 Å². The molecule has 1 amide bonds. The van der Waals surface area contributed by atoms with E-state index in [0.29, 0.717) is 12.5 Å². The van der Waals surface area contributed by atoms with Gasteiger partial charge in [-0.2, -0.15) is 5.10 Å². The molecule has 1 fully saturated rings. The largest absolute Gasteiger partial charge is 0.497 e. The maximum absolute atomic E-state index is 13.2. The van der Waals surface area contributed by atoms with Crippen molar-refractivity contribution in [1.29, 1.82) is 0 Å². The van der Waals surface area contributed by atoms with E-state index >= 15 is 0 Å². The Morgan fingerprint density at radius 1 is 1.17 bits per heavy atom. The third kappa shape index (κ3) is 3.91. The van der Waals surface area contributed by atoms with Crippen molar-refractivity contribution in [1.82, 2.24) is 19.5 Å². The zero-order valence-electron chi connectivity index (χ0n) is 18.3. The number of nitrogens with zero attached hydrogens (tertiary/aromatic N) is 4. The number of hydrogen-bond donors (Lipinski definition) is 0. The van der Waals surface area contributed by atoms with Crippen LogP contribution in [0.25, 0.3) is 16.9 Å². The Kier molecular flexibility index (Phi) is 5.75. The SMILES string of the molecule is COc1ccc(-c2nn3c(C)cc(C)nc3c2CC(=O)N(C)C2CCCCC2)cc1. The van der Waals surface area contributed by atoms with Gasteiger partial charge in [0.2, 0.25) is 5.91 Å². The van der Waals surface area contributed by atoms with Crippen LogP contribution in [0.2, 0.25) is 0 Å². The van der Waals surface area contributed by atoms with Crippen molar-refractivity contribution in [3.05, 3.63) is 47.3 Å². The molecule has 1 aromatic carbocycles. The van der Waals surface area contributed by atoms with Crippen LogP contribution in [0.15, 0.2) is 30.3 Å². The van der Waals surface area contributed by atoms with E-state index in [1.807, 2.05) is 60.6 Å². The summed E-state index contributed by atoms with van der Waals surface area (Å²) in [4.78, 5) is 19.9. The van der Waals surface area contributed by atoms with Crippen molar-refractivity contribution in [2.45, 2.75) is 58.4 Å². The number of methoxy groups -OCH3 is 1. The first kappa shape index (κ1) is 20.4. The Balaban J connectivity index is 1.74. The molecule has 0 spiro atoms. The van der Waals surface area contributed by atoms with Crippen molar-refractivity contribution >= 4 is 11.6 Å². The molecule has 0 aliphatic heterocycles. The van der Waals surface area contributed by atoms with Gasteiger partial charge in [0.15, 0.2) is 5.65 Å². The summed E-state index contributed by atoms with van der Waals surface area (Å²) in [5, 5.41) is 4.85. The van der Waals surface area contributed by atoms with Crippen LogP contribution in [0.1, 0.15) is 49.1 Å². The number of carbonyl (C=O) groups is 1. The van der Waals surface area contributed by atoms with Crippen LogP contribution >= 0.6 is 0 Å². The monoisotopic (exact) mass is 406 g/mol. The molecule has 30 heavy (non-hydrogen) atoms. The predicted octanol–water partition coefficient (Wildman–Crippen LogP) is 4.36. The van der Waals surface area contributed by atoms with Crippen LogP contribution in [0.3, 0.4) is 0 Å². The Bertz CT molecular complexity index is 1050. The fraction of sp³-hybridized carbons (Fsp3) is 0.458. The van der Waals surface area contributed by atoms with Gasteiger partial charge in [-0.1, -0.05) is 19.3 Å². The second-order valence-corrected chi connectivity index (χ2v) is 8.30. The van der Waals surface area contributed by atoms with Gasteiger partial charge < -0.3 is 9.64 Å². The van der Waals surface area contributed by atoms with Crippen molar-refractivity contribution in [2.24, 2.45) is 0 Å². The highest BCUT2D eigenvalue weighted by atomic mass is 16.5. The zero-order chi connectivity index (χ0) is 21.3. The molecule has 1 saturated carbocycles. The van der Waals surface area contributed by atoms with Gasteiger partial charge in [0, 0.05) is 35.6 Å². The van der Waals surface area contributed by atoms with Gasteiger partial charge in [0.05, 0.1) is 19.2 Å². The highest BCUT2D eigenvalue weighted by molar-refractivity contribution is 5.85. The van der Waals surface area contributed by atoms with E-state index in [9.17, 15) is 4.79 Å². The molecular formula is C24H30N4O2. The summed E-state index contributed by atoms with van der Waals surface area (Å²) in [7, 11) is 3.60. The van der Waals surface area contributed by atoms with Crippen molar-refractivity contribution < 1.29 is 9.53 Å². The standard InChI is InChI=1S/C24H30N4O2/c1-16-14-17(2)28-24(25-16)21(15-22(29)27(3)19-8-6-5-7-9-19)23(26-28)18-10-12-20(30-4)13-11-18/h10-14,19H,5-9,15H2,1-4H3. The van der Waals surface area contributed by atoms with Gasteiger partial charge in [0.25, 0.3) is 0 Å². The van der Waals surface area contributed by atoms with Crippen LogP contribution in [0.4, 0.5) is 0 Å². The first-order valence-corrected chi connectivity index (χ1v) is 10.7. The lowest BCUT2D eigenvalue weighted by Crippen LogP contribution is -2.39. The molecular weight excluding hydrogens is 376 g/mol. The lowest BCUT2D eigenvalue weighted by molar-refractivity contribution is -0.131. The van der Waals surface area contributed by atoms with Gasteiger partial charge >= 0.3 is 0 Å². The van der Waals surface area contributed by atoms with Gasteiger partial charge in [-0.3, -0.25) is 4.79 Å². The summed E-state index contributed by atoms with van der Waals surface area (Å²) >= 11 is 0. The van der Waals surface area contributed by atoms with Crippen LogP contribution in [-0.2, 0) is 11.2 Å². The number of carbonyl (C=O) groups excluding carboxylic acids is 1. The molecule has 6 heteroatoms. The van der Waals surface area contributed by atoms with Gasteiger partial charge in [-0.25, -0.2) is 9.50 Å². The van der Waals surface area contributed by atoms with Gasteiger partial charge in [0.1, 0.15) is 5.75 Å². The average Bonchev–Trinajstić information content (AvgIpc) is 3.12. The molecule has 0 saturated heterocycles. The number of aryl methyl sites for hydroxylation is 2. The minimum atomic E-state index is 0.132. The highest BCUT2D eigenvalue weighted by Gasteiger charge is 2.26. The Labute approximate surface area is 177 Å². The van der Waals surface area contributed by atoms with Crippen LogP contribution < -0.4 is 4.74 Å². The third-order valence-electron chi connectivity index (χ3n) is 6.20. The Morgan fingerprint density at radius 3 is 2.53 bits per heavy atom. The van der Waals surface area contributed by atoms with Crippen molar-refractivity contribution in [3.63, 3.8) is 0 Å². The summed E-state index contributed by atoms with van der Waals surface area (Å²) in [6.45, 7) is 4.00. The number of ether oxygens (including phenoxy) is 1. The minimum absolute atomic E-state index is 0.132. The second-order valence-electron chi connectivity index (χ2n) is 8.30. The van der Waals surface area contributed by atoms with Crippen LogP contribution in [0.5, 0.6) is 5.75 Å². The van der Waals surface area contributed by atoms with E-state index < -0.39 is 0 Å². The van der Waals surface area contributed by atoms with Crippen LogP contribution in [-0.4, -0.2) is 45.6 Å². The smallest absolute Gasteiger partial charge is 0.227 e. The molecule has 0 N–H and O–H groups in total. The third-order valence-corrected chi connectivity index (χ3v) is 6.20. The quantitative estimate of drug-likeness (QED) is 0.632. The van der Waals surface area contributed by atoms with E-state index in [4.69, 9.17) is 14.8 Å². The normalized spacial score (nSPS) is 14.8. The summed E-state index contributed by atoms with van der Waals surface area (Å²) in [6, 6.07) is 10.2. The molecule has 158 valence electrons. The maximum atomic E-state index is 13.2. The van der Waals surface area contributed by atoms with Gasteiger partial charge in [-0.15, -0.1) is 0 Å². The maximum Gasteiger partial charge on any atom is 0.227 e. The first-order chi connectivity index (χ1) is 14.5. The summed E-state index contributed by atoms with van der Waals surface area (Å²) < 4.78 is 7.15. The molecule has 0 atom stereocenters. The number of likely N-dealkylation sites (N-methyl/N-ethyl adjacent to an activating group) is 1. The molecule has 0 bridgehead atoms. The summed E-state index contributed by atoms with van der Waals surface area (Å²) in [5.41, 5.74) is 5.36. The minimum Gasteiger partial charge on any atom is -0.497 e. The molecule has 4 rings (SSSR count). The average molecular weight is 407 g/mol. The lowest BCUT2D eigenvalue weighted by Gasteiger charge is -2.31. The van der Waals surface area contributed by atoms with E-state index in [-0.39, 0.29) is 5.91 Å². The molecule has 0 radical (unpaired) electrons. The van der Waals surface area contributed by atoms with Crippen LogP contribution in [0, 0.1) is 13.8 Å². The Morgan fingerprint density at radius 2 is 1.87 bits per heavy atom. The molecule has 2 aromatic heterocycles. The molecule has 1 aliphatic carbocycles. The molecule has 3 aromatic rings. The number of fused-ring (bicyclic) bond motifs is 1. The molecule has 6 nitrogen and oxygen atoms in total. The molecule has 0 unspecified atom stereocenters. The van der Waals surface area contributed by atoms with Crippen molar-refractivity contribution in [2.75, 3.05) is 14.2 Å². The second kappa shape index (κ2) is 8.46. The zero-order valence-corrected chi connectivity index (χ0v) is 18.3. The number of amides is 1. The van der Waals surface area contributed by atoms with E-state index in [2.05, 4.69) is 0 Å². The summed E-state index contributed by atoms with van der Waals surface area (Å²) in [5.74, 6) is 0.926. The number of aromatic nitrogens is 3. The predicted molar refractivity (Wildman–Crippen MR) is 118 cm³/mol. The van der Waals surface area contributed by atoms with E-state index in [0.717, 1.165) is 52.4 Å². The molecule has 2 heterocycles. The fourth-order valence-corrected chi connectivity index (χ4v) is 4.46. The summed E-state index contributed by atoms with van der Waals surface area (Å²) in [6.07, 6.45) is 6.17. The van der Waals surface area contributed by atoms with Crippen molar-refractivity contribution in [3.8, 4) is 17.0 Å². The fourth-order valence-electron chi connectivity index (χ4n) is 4.46. The lowest BCUT2D eigenvalue weighted by atomic mass is 9.94. The number of hydrogen-bond acceptors (Lipinski definition) is 4.